The van der Waals surface area contributed by atoms with E-state index in [1.54, 1.807) is 0 Å². The van der Waals surface area contributed by atoms with E-state index < -0.39 is 0 Å². The normalized spacial score (nSPS) is 17.6. The van der Waals surface area contributed by atoms with Crippen LogP contribution in [0.1, 0.15) is 18.4 Å². The van der Waals surface area contributed by atoms with Gasteiger partial charge in [-0.2, -0.15) is 5.10 Å². The average Bonchev–Trinajstić information content (AvgIpc) is 2.87. The van der Waals surface area contributed by atoms with Crippen molar-refractivity contribution in [1.29, 1.82) is 0 Å². The van der Waals surface area contributed by atoms with Gasteiger partial charge in [0.15, 0.2) is 0 Å². The van der Waals surface area contributed by atoms with E-state index in [4.69, 9.17) is 0 Å². The smallest absolute Gasteiger partial charge is 0.0650 e. The second kappa shape index (κ2) is 3.66. The number of fused-ring (bicyclic) bond motifs is 1. The van der Waals surface area contributed by atoms with Crippen molar-refractivity contribution >= 4 is 10.9 Å². The van der Waals surface area contributed by atoms with Crippen molar-refractivity contribution in [2.75, 3.05) is 13.1 Å². The van der Waals surface area contributed by atoms with Crippen molar-refractivity contribution in [2.24, 2.45) is 0 Å². The second-order valence-electron chi connectivity index (χ2n) is 4.27. The van der Waals surface area contributed by atoms with Gasteiger partial charge in [-0.05, 0) is 43.6 Å². The molecule has 0 saturated carbocycles. The first-order chi connectivity index (χ1) is 7.42. The van der Waals surface area contributed by atoms with E-state index in [0.717, 1.165) is 12.1 Å². The molecule has 1 aromatic carbocycles. The van der Waals surface area contributed by atoms with Crippen LogP contribution >= 0.6 is 0 Å². The third-order valence-electron chi connectivity index (χ3n) is 3.11. The Morgan fingerprint density at radius 3 is 3.00 bits per heavy atom. The molecule has 2 aromatic rings. The summed E-state index contributed by atoms with van der Waals surface area (Å²) in [6.45, 7) is 3.59. The Morgan fingerprint density at radius 1 is 1.27 bits per heavy atom. The van der Waals surface area contributed by atoms with Crippen LogP contribution in [0.5, 0.6) is 0 Å². The molecule has 15 heavy (non-hydrogen) atoms. The van der Waals surface area contributed by atoms with E-state index in [1.807, 2.05) is 6.20 Å². The van der Waals surface area contributed by atoms with Crippen LogP contribution in [0, 0.1) is 0 Å². The maximum Gasteiger partial charge on any atom is 0.0650 e. The third-order valence-corrected chi connectivity index (χ3v) is 3.11. The fourth-order valence-corrected chi connectivity index (χ4v) is 2.29. The van der Waals surface area contributed by atoms with Gasteiger partial charge in [-0.25, -0.2) is 0 Å². The third kappa shape index (κ3) is 1.75. The Kier molecular flexibility index (Phi) is 2.18. The quantitative estimate of drug-likeness (QED) is 0.807. The highest BCUT2D eigenvalue weighted by Gasteiger charge is 2.11. The molecule has 1 aliphatic rings. The van der Waals surface area contributed by atoms with Gasteiger partial charge in [0, 0.05) is 11.9 Å². The summed E-state index contributed by atoms with van der Waals surface area (Å²) in [6, 6.07) is 6.55. The molecular weight excluding hydrogens is 186 g/mol. The monoisotopic (exact) mass is 201 g/mol. The van der Waals surface area contributed by atoms with Gasteiger partial charge in [0.1, 0.15) is 0 Å². The highest BCUT2D eigenvalue weighted by Crippen LogP contribution is 2.16. The van der Waals surface area contributed by atoms with Gasteiger partial charge in [0.05, 0.1) is 11.7 Å². The lowest BCUT2D eigenvalue weighted by Crippen LogP contribution is -2.18. The summed E-state index contributed by atoms with van der Waals surface area (Å²) in [4.78, 5) is 2.52. The zero-order valence-corrected chi connectivity index (χ0v) is 8.74. The second-order valence-corrected chi connectivity index (χ2v) is 4.27. The first-order valence-corrected chi connectivity index (χ1v) is 5.56. The van der Waals surface area contributed by atoms with Crippen LogP contribution < -0.4 is 0 Å². The molecular formula is C12H15N3. The Balaban J connectivity index is 1.84. The SMILES string of the molecule is c1cc2[nH]ncc2cc1CN1CCCC1. The van der Waals surface area contributed by atoms with Crippen LogP contribution in [-0.4, -0.2) is 28.2 Å². The van der Waals surface area contributed by atoms with Gasteiger partial charge in [0.25, 0.3) is 0 Å². The minimum Gasteiger partial charge on any atom is -0.299 e. The van der Waals surface area contributed by atoms with Gasteiger partial charge >= 0.3 is 0 Å². The first kappa shape index (κ1) is 8.92. The molecule has 3 nitrogen and oxygen atoms in total. The molecule has 1 aliphatic heterocycles. The lowest BCUT2D eigenvalue weighted by Gasteiger charge is -2.14. The molecule has 3 heteroatoms. The molecule has 1 aromatic heterocycles. The van der Waals surface area contributed by atoms with Crippen molar-refractivity contribution in [3.63, 3.8) is 0 Å². The van der Waals surface area contributed by atoms with Crippen LogP contribution in [0.3, 0.4) is 0 Å². The average molecular weight is 201 g/mol. The van der Waals surface area contributed by atoms with Gasteiger partial charge in [-0.15, -0.1) is 0 Å². The lowest BCUT2D eigenvalue weighted by molar-refractivity contribution is 0.331. The number of hydrogen-bond donors (Lipinski definition) is 1. The summed E-state index contributed by atoms with van der Waals surface area (Å²) >= 11 is 0. The lowest BCUT2D eigenvalue weighted by atomic mass is 10.1. The number of nitrogens with one attached hydrogen (secondary N) is 1. The molecule has 1 fully saturated rings. The molecule has 0 bridgehead atoms. The number of nitrogens with zero attached hydrogens (tertiary/aromatic N) is 2. The Hall–Kier alpha value is -1.35. The summed E-state index contributed by atoms with van der Waals surface area (Å²) in [5.74, 6) is 0. The molecule has 2 heterocycles. The number of rotatable bonds is 2. The largest absolute Gasteiger partial charge is 0.299 e. The fourth-order valence-electron chi connectivity index (χ4n) is 2.29. The molecule has 1 N–H and O–H groups in total. The molecule has 0 unspecified atom stereocenters. The van der Waals surface area contributed by atoms with E-state index in [9.17, 15) is 0 Å². The number of H-pyrrole nitrogens is 1. The highest BCUT2D eigenvalue weighted by molar-refractivity contribution is 5.78. The molecule has 0 amide bonds. The summed E-state index contributed by atoms with van der Waals surface area (Å²) in [5, 5.41) is 8.23. The maximum absolute atomic E-state index is 4.04. The Morgan fingerprint density at radius 2 is 2.13 bits per heavy atom. The van der Waals surface area contributed by atoms with E-state index in [1.165, 1.54) is 36.9 Å². The van der Waals surface area contributed by atoms with Crippen molar-refractivity contribution in [2.45, 2.75) is 19.4 Å². The summed E-state index contributed by atoms with van der Waals surface area (Å²) in [5.41, 5.74) is 2.52. The van der Waals surface area contributed by atoms with Crippen LogP contribution in [0.2, 0.25) is 0 Å². The van der Waals surface area contributed by atoms with Crippen molar-refractivity contribution in [3.8, 4) is 0 Å². The van der Waals surface area contributed by atoms with Gasteiger partial charge in [-0.3, -0.25) is 10.00 Å². The highest BCUT2D eigenvalue weighted by atomic mass is 15.1. The van der Waals surface area contributed by atoms with Crippen molar-refractivity contribution in [3.05, 3.63) is 30.0 Å². The van der Waals surface area contributed by atoms with Crippen LogP contribution in [-0.2, 0) is 6.54 Å². The number of hydrogen-bond acceptors (Lipinski definition) is 2. The molecule has 0 radical (unpaired) electrons. The van der Waals surface area contributed by atoms with E-state index in [0.29, 0.717) is 0 Å². The van der Waals surface area contributed by atoms with Gasteiger partial charge < -0.3 is 0 Å². The maximum atomic E-state index is 4.04. The summed E-state index contributed by atoms with van der Waals surface area (Å²) in [7, 11) is 0. The molecule has 78 valence electrons. The summed E-state index contributed by atoms with van der Waals surface area (Å²) in [6.07, 6.45) is 4.60. The van der Waals surface area contributed by atoms with Crippen molar-refractivity contribution < 1.29 is 0 Å². The van der Waals surface area contributed by atoms with Crippen LogP contribution in [0.15, 0.2) is 24.4 Å². The van der Waals surface area contributed by atoms with E-state index in [-0.39, 0.29) is 0 Å². The zero-order chi connectivity index (χ0) is 10.1. The molecule has 0 spiro atoms. The van der Waals surface area contributed by atoms with Gasteiger partial charge in [-0.1, -0.05) is 6.07 Å². The van der Waals surface area contributed by atoms with Crippen molar-refractivity contribution in [1.82, 2.24) is 15.1 Å². The van der Waals surface area contributed by atoms with Gasteiger partial charge in [0.2, 0.25) is 0 Å². The predicted octanol–water partition coefficient (Wildman–Crippen LogP) is 2.16. The Labute approximate surface area is 89.1 Å². The number of benzene rings is 1. The minimum atomic E-state index is 1.08. The molecule has 1 saturated heterocycles. The Bertz CT molecular complexity index is 455. The first-order valence-electron chi connectivity index (χ1n) is 5.56. The zero-order valence-electron chi connectivity index (χ0n) is 8.74. The molecule has 0 aliphatic carbocycles. The van der Waals surface area contributed by atoms with E-state index >= 15 is 0 Å². The minimum absolute atomic E-state index is 1.08. The van der Waals surface area contributed by atoms with Crippen LogP contribution in [0.25, 0.3) is 10.9 Å². The molecule has 0 atom stereocenters. The summed E-state index contributed by atoms with van der Waals surface area (Å²) < 4.78 is 0. The topological polar surface area (TPSA) is 31.9 Å². The number of aromatic amines is 1. The predicted molar refractivity (Wildman–Crippen MR) is 60.6 cm³/mol. The number of aromatic nitrogens is 2. The van der Waals surface area contributed by atoms with E-state index in [2.05, 4.69) is 33.3 Å². The fraction of sp³-hybridized carbons (Fsp3) is 0.417. The van der Waals surface area contributed by atoms with Crippen LogP contribution in [0.4, 0.5) is 0 Å². The standard InChI is InChI=1S/C12H15N3/c1-2-6-15(5-1)9-10-3-4-12-11(7-10)8-13-14-12/h3-4,7-8H,1-2,5-6,9H2,(H,13,14). The number of likely N-dealkylation sites (tertiary alicyclic amines) is 1. The molecule has 3 rings (SSSR count).